The molecule has 0 radical (unpaired) electrons. The number of anilines is 6. The molecule has 0 aliphatic rings. The molecule has 60 heavy (non-hydrogen) atoms. The zero-order chi connectivity index (χ0) is 42.8. The fourth-order valence-electron chi connectivity index (χ4n) is 9.41. The second kappa shape index (κ2) is 17.5. The normalized spacial score (nSPS) is 11.5. The molecule has 0 heterocycles. The van der Waals surface area contributed by atoms with Gasteiger partial charge in [-0.05, 0) is 174 Å². The van der Waals surface area contributed by atoms with Crippen molar-refractivity contribution in [1.82, 2.24) is 0 Å². The van der Waals surface area contributed by atoms with E-state index in [1.54, 1.807) is 0 Å². The summed E-state index contributed by atoms with van der Waals surface area (Å²) >= 11 is 0. The van der Waals surface area contributed by atoms with Crippen molar-refractivity contribution in [3.63, 3.8) is 0 Å². The Morgan fingerprint density at radius 3 is 0.600 bits per heavy atom. The SMILES string of the molecule is Cc1cc(C)c(N(c2ccc(C=Cc3ccc(C=Cc4ccc(N(c5c(C)cc(C)cc5C)c5c(C)cc(C)cc5C)cc4)cc3)cc2)c2c(C)cc(C)cc2C)c(C)c1. The summed E-state index contributed by atoms with van der Waals surface area (Å²) in [5.74, 6) is 0. The third-order valence-corrected chi connectivity index (χ3v) is 11.6. The topological polar surface area (TPSA) is 6.48 Å². The van der Waals surface area contributed by atoms with E-state index in [0.717, 1.165) is 11.4 Å². The Bertz CT molecular complexity index is 2340. The monoisotopic (exact) mass is 784 g/mol. The van der Waals surface area contributed by atoms with E-state index in [2.05, 4.69) is 239 Å². The van der Waals surface area contributed by atoms with Gasteiger partial charge in [-0.2, -0.15) is 0 Å². The summed E-state index contributed by atoms with van der Waals surface area (Å²) in [6, 6.07) is 45.0. The van der Waals surface area contributed by atoms with Gasteiger partial charge in [0.25, 0.3) is 0 Å². The van der Waals surface area contributed by atoms with Gasteiger partial charge in [-0.25, -0.2) is 0 Å². The second-order valence-corrected chi connectivity index (χ2v) is 17.2. The zero-order valence-electron chi connectivity index (χ0n) is 37.8. The molecule has 2 nitrogen and oxygen atoms in total. The van der Waals surface area contributed by atoms with Gasteiger partial charge in [0, 0.05) is 11.4 Å². The smallest absolute Gasteiger partial charge is 0.0520 e. The molecule has 0 saturated heterocycles. The molecule has 7 aromatic carbocycles. The highest BCUT2D eigenvalue weighted by Crippen LogP contribution is 2.44. The summed E-state index contributed by atoms with van der Waals surface area (Å²) in [4.78, 5) is 4.91. The third kappa shape index (κ3) is 8.94. The van der Waals surface area contributed by atoms with Crippen LogP contribution >= 0.6 is 0 Å². The van der Waals surface area contributed by atoms with Gasteiger partial charge in [0.05, 0.1) is 22.7 Å². The zero-order valence-corrected chi connectivity index (χ0v) is 37.8. The summed E-state index contributed by atoms with van der Waals surface area (Å²) in [6.45, 7) is 26.5. The summed E-state index contributed by atoms with van der Waals surface area (Å²) in [5.41, 5.74) is 27.4. The molecular weight excluding hydrogens is 725 g/mol. The first-order chi connectivity index (χ1) is 28.7. The molecule has 0 bridgehead atoms. The van der Waals surface area contributed by atoms with E-state index in [1.165, 1.54) is 112 Å². The van der Waals surface area contributed by atoms with Crippen molar-refractivity contribution >= 4 is 58.4 Å². The van der Waals surface area contributed by atoms with E-state index in [1.807, 2.05) is 0 Å². The summed E-state index contributed by atoms with van der Waals surface area (Å²) < 4.78 is 0. The van der Waals surface area contributed by atoms with Gasteiger partial charge in [-0.3, -0.25) is 0 Å². The van der Waals surface area contributed by atoms with E-state index in [4.69, 9.17) is 0 Å². The molecule has 2 heteroatoms. The first kappa shape index (κ1) is 41.8. The maximum Gasteiger partial charge on any atom is 0.0520 e. The van der Waals surface area contributed by atoms with Crippen molar-refractivity contribution < 1.29 is 0 Å². The van der Waals surface area contributed by atoms with Crippen LogP contribution in [0.4, 0.5) is 34.1 Å². The van der Waals surface area contributed by atoms with Crippen LogP contribution in [-0.4, -0.2) is 0 Å². The Hall–Kier alpha value is -6.38. The minimum atomic E-state index is 1.16. The molecule has 0 aliphatic carbocycles. The predicted molar refractivity (Wildman–Crippen MR) is 263 cm³/mol. The van der Waals surface area contributed by atoms with Crippen molar-refractivity contribution in [2.45, 2.75) is 83.1 Å². The van der Waals surface area contributed by atoms with Gasteiger partial charge in [0.15, 0.2) is 0 Å². The fraction of sp³-hybridized carbons (Fsp3) is 0.207. The highest BCUT2D eigenvalue weighted by Gasteiger charge is 2.22. The summed E-state index contributed by atoms with van der Waals surface area (Å²) in [7, 11) is 0. The molecule has 0 spiro atoms. The molecule has 0 atom stereocenters. The predicted octanol–water partition coefficient (Wildman–Crippen LogP) is 16.7. The van der Waals surface area contributed by atoms with E-state index in [0.29, 0.717) is 0 Å². The van der Waals surface area contributed by atoms with Gasteiger partial charge >= 0.3 is 0 Å². The first-order valence-electron chi connectivity index (χ1n) is 21.2. The molecule has 0 N–H and O–H groups in total. The van der Waals surface area contributed by atoms with E-state index in [-0.39, 0.29) is 0 Å². The first-order valence-corrected chi connectivity index (χ1v) is 21.2. The minimum absolute atomic E-state index is 1.16. The largest absolute Gasteiger partial charge is 0.309 e. The fourth-order valence-corrected chi connectivity index (χ4v) is 9.41. The molecule has 0 aliphatic heterocycles. The van der Waals surface area contributed by atoms with Gasteiger partial charge in [0.2, 0.25) is 0 Å². The van der Waals surface area contributed by atoms with E-state index in [9.17, 15) is 0 Å². The third-order valence-electron chi connectivity index (χ3n) is 11.6. The number of nitrogens with zero attached hydrogens (tertiary/aromatic N) is 2. The van der Waals surface area contributed by atoms with Gasteiger partial charge in [0.1, 0.15) is 0 Å². The van der Waals surface area contributed by atoms with Crippen molar-refractivity contribution in [2.24, 2.45) is 0 Å². The second-order valence-electron chi connectivity index (χ2n) is 17.2. The standard InChI is InChI=1S/C58H60N2/c1-37-29-41(5)55(42(6)30-37)59(56-43(7)31-38(2)32-44(56)8)53-25-21-51(22-26-53)19-17-49-13-15-50(16-14-49)18-20-52-23-27-54(28-24-52)60(57-45(9)33-39(3)34-46(57)10)58-47(11)35-40(4)36-48(58)12/h13-36H,1-12H3. The molecule has 0 saturated carbocycles. The minimum Gasteiger partial charge on any atom is -0.309 e. The Balaban J connectivity index is 1.09. The maximum atomic E-state index is 2.46. The van der Waals surface area contributed by atoms with Crippen LogP contribution in [0.3, 0.4) is 0 Å². The highest BCUT2D eigenvalue weighted by atomic mass is 15.2. The average molecular weight is 785 g/mol. The molecule has 0 amide bonds. The van der Waals surface area contributed by atoms with Crippen molar-refractivity contribution in [1.29, 1.82) is 0 Å². The Morgan fingerprint density at radius 2 is 0.417 bits per heavy atom. The number of rotatable bonds is 10. The Kier molecular flexibility index (Phi) is 12.2. The van der Waals surface area contributed by atoms with Crippen molar-refractivity contribution in [2.75, 3.05) is 9.80 Å². The van der Waals surface area contributed by atoms with Crippen molar-refractivity contribution in [3.05, 3.63) is 210 Å². The average Bonchev–Trinajstić information content (AvgIpc) is 3.17. The molecule has 0 aromatic heterocycles. The quantitative estimate of drug-likeness (QED) is 0.127. The molecular formula is C58H60N2. The van der Waals surface area contributed by atoms with Crippen LogP contribution < -0.4 is 9.80 Å². The van der Waals surface area contributed by atoms with Crippen LogP contribution in [-0.2, 0) is 0 Å². The van der Waals surface area contributed by atoms with Gasteiger partial charge in [-0.1, -0.05) is 144 Å². The van der Waals surface area contributed by atoms with E-state index < -0.39 is 0 Å². The summed E-state index contributed by atoms with van der Waals surface area (Å²) in [5, 5.41) is 0. The molecule has 302 valence electrons. The number of aryl methyl sites for hydroxylation is 12. The molecule has 0 unspecified atom stereocenters. The number of hydrogen-bond donors (Lipinski definition) is 0. The lowest BCUT2D eigenvalue weighted by atomic mass is 9.98. The maximum absolute atomic E-state index is 2.46. The van der Waals surface area contributed by atoms with Crippen LogP contribution in [0.5, 0.6) is 0 Å². The lowest BCUT2D eigenvalue weighted by molar-refractivity contribution is 1.16. The lowest BCUT2D eigenvalue weighted by Crippen LogP contribution is -2.15. The van der Waals surface area contributed by atoms with Crippen molar-refractivity contribution in [3.8, 4) is 0 Å². The van der Waals surface area contributed by atoms with Crippen LogP contribution in [0.25, 0.3) is 24.3 Å². The van der Waals surface area contributed by atoms with Gasteiger partial charge in [-0.15, -0.1) is 0 Å². The van der Waals surface area contributed by atoms with Crippen LogP contribution in [0, 0.1) is 83.1 Å². The molecule has 0 fully saturated rings. The molecule has 7 aromatic rings. The Morgan fingerprint density at radius 1 is 0.250 bits per heavy atom. The summed E-state index contributed by atoms with van der Waals surface area (Å²) in [6.07, 6.45) is 8.80. The highest BCUT2D eigenvalue weighted by molar-refractivity contribution is 5.86. The van der Waals surface area contributed by atoms with Crippen LogP contribution in [0.15, 0.2) is 121 Å². The lowest BCUT2D eigenvalue weighted by Gasteiger charge is -2.32. The number of hydrogen-bond acceptors (Lipinski definition) is 2. The van der Waals surface area contributed by atoms with Crippen LogP contribution in [0.1, 0.15) is 89.0 Å². The Labute approximate surface area is 360 Å². The van der Waals surface area contributed by atoms with Gasteiger partial charge < -0.3 is 9.80 Å². The van der Waals surface area contributed by atoms with Crippen LogP contribution in [0.2, 0.25) is 0 Å². The number of benzene rings is 7. The van der Waals surface area contributed by atoms with E-state index >= 15 is 0 Å². The molecule has 7 rings (SSSR count).